The first kappa shape index (κ1) is 11.5. The Bertz CT molecular complexity index is 176. The van der Waals surface area contributed by atoms with E-state index in [2.05, 4.69) is 10.6 Å². The zero-order valence-corrected chi connectivity index (χ0v) is 9.31. The lowest BCUT2D eigenvalue weighted by Gasteiger charge is -2.23. The first-order valence-corrected chi connectivity index (χ1v) is 5.69. The van der Waals surface area contributed by atoms with E-state index < -0.39 is 0 Å². The van der Waals surface area contributed by atoms with E-state index in [4.69, 9.17) is 0 Å². The summed E-state index contributed by atoms with van der Waals surface area (Å²) < 4.78 is 0. The molecule has 2 N–H and O–H groups in total. The van der Waals surface area contributed by atoms with Gasteiger partial charge in [0.1, 0.15) is 0 Å². The molecule has 82 valence electrons. The van der Waals surface area contributed by atoms with Crippen molar-refractivity contribution in [3.63, 3.8) is 0 Å². The summed E-state index contributed by atoms with van der Waals surface area (Å²) in [5, 5.41) is 5.94. The second-order valence-electron chi connectivity index (χ2n) is 4.25. The van der Waals surface area contributed by atoms with Gasteiger partial charge < -0.3 is 10.6 Å². The van der Waals surface area contributed by atoms with Gasteiger partial charge >= 0.3 is 0 Å². The standard InChI is InChI=1S/C11H22N2O/c1-9(11(14)12-2)13-8-10-6-4-3-5-7-10/h9-10,13H,3-8H2,1-2H3,(H,12,14). The van der Waals surface area contributed by atoms with Crippen molar-refractivity contribution >= 4 is 5.91 Å². The molecule has 3 heteroatoms. The molecule has 1 unspecified atom stereocenters. The molecule has 1 aliphatic carbocycles. The zero-order valence-electron chi connectivity index (χ0n) is 9.31. The van der Waals surface area contributed by atoms with Crippen LogP contribution in [-0.4, -0.2) is 25.5 Å². The van der Waals surface area contributed by atoms with Crippen LogP contribution in [0.1, 0.15) is 39.0 Å². The van der Waals surface area contributed by atoms with E-state index >= 15 is 0 Å². The second kappa shape index (κ2) is 6.02. The van der Waals surface area contributed by atoms with Crippen LogP contribution in [0.3, 0.4) is 0 Å². The van der Waals surface area contributed by atoms with Gasteiger partial charge in [0.25, 0.3) is 0 Å². The monoisotopic (exact) mass is 198 g/mol. The second-order valence-corrected chi connectivity index (χ2v) is 4.25. The molecule has 1 aliphatic rings. The molecule has 3 nitrogen and oxygen atoms in total. The summed E-state index contributed by atoms with van der Waals surface area (Å²) in [6.07, 6.45) is 6.77. The van der Waals surface area contributed by atoms with Gasteiger partial charge in [0.2, 0.25) is 5.91 Å². The maximum Gasteiger partial charge on any atom is 0.236 e. The van der Waals surface area contributed by atoms with Crippen molar-refractivity contribution in [3.8, 4) is 0 Å². The van der Waals surface area contributed by atoms with E-state index in [0.717, 1.165) is 12.5 Å². The molecule has 1 saturated carbocycles. The quantitative estimate of drug-likeness (QED) is 0.714. The zero-order chi connectivity index (χ0) is 10.4. The SMILES string of the molecule is CNC(=O)C(C)NCC1CCCCC1. The Morgan fingerprint density at radius 2 is 2.00 bits per heavy atom. The molecule has 0 bridgehead atoms. The maximum atomic E-state index is 11.2. The average molecular weight is 198 g/mol. The van der Waals surface area contributed by atoms with Crippen LogP contribution in [0.2, 0.25) is 0 Å². The summed E-state index contributed by atoms with van der Waals surface area (Å²) in [6, 6.07) is -0.0538. The molecule has 0 radical (unpaired) electrons. The lowest BCUT2D eigenvalue weighted by Crippen LogP contribution is -2.42. The minimum Gasteiger partial charge on any atom is -0.358 e. The van der Waals surface area contributed by atoms with E-state index in [0.29, 0.717) is 0 Å². The highest BCUT2D eigenvalue weighted by atomic mass is 16.2. The lowest BCUT2D eigenvalue weighted by atomic mass is 9.89. The smallest absolute Gasteiger partial charge is 0.236 e. The summed E-state index contributed by atoms with van der Waals surface area (Å²) in [6.45, 7) is 2.91. The third kappa shape index (κ3) is 3.66. The summed E-state index contributed by atoms with van der Waals surface area (Å²) in [5.74, 6) is 0.872. The van der Waals surface area contributed by atoms with Crippen molar-refractivity contribution in [2.24, 2.45) is 5.92 Å². The molecule has 14 heavy (non-hydrogen) atoms. The van der Waals surface area contributed by atoms with Gasteiger partial charge in [-0.05, 0) is 32.2 Å². The average Bonchev–Trinajstić information content (AvgIpc) is 2.26. The summed E-state index contributed by atoms with van der Waals surface area (Å²) in [7, 11) is 1.68. The van der Waals surface area contributed by atoms with Crippen LogP contribution < -0.4 is 10.6 Å². The summed E-state index contributed by atoms with van der Waals surface area (Å²) in [5.41, 5.74) is 0. The Kier molecular flexibility index (Phi) is 4.94. The largest absolute Gasteiger partial charge is 0.358 e. The van der Waals surface area contributed by atoms with Crippen LogP contribution in [-0.2, 0) is 4.79 Å². The van der Waals surface area contributed by atoms with Crippen LogP contribution >= 0.6 is 0 Å². The van der Waals surface area contributed by atoms with Gasteiger partial charge in [0.05, 0.1) is 6.04 Å². The van der Waals surface area contributed by atoms with Crippen LogP contribution in [0.4, 0.5) is 0 Å². The van der Waals surface area contributed by atoms with Gasteiger partial charge in [0.15, 0.2) is 0 Å². The molecule has 0 spiro atoms. The molecule has 1 amide bonds. The Labute approximate surface area is 86.6 Å². The van der Waals surface area contributed by atoms with Gasteiger partial charge in [-0.1, -0.05) is 19.3 Å². The lowest BCUT2D eigenvalue weighted by molar-refractivity contribution is -0.122. The number of nitrogens with one attached hydrogen (secondary N) is 2. The van der Waals surface area contributed by atoms with Gasteiger partial charge in [0, 0.05) is 7.05 Å². The first-order chi connectivity index (χ1) is 6.74. The van der Waals surface area contributed by atoms with E-state index in [9.17, 15) is 4.79 Å². The number of likely N-dealkylation sites (N-methyl/N-ethyl adjacent to an activating group) is 1. The number of hydrogen-bond donors (Lipinski definition) is 2. The molecule has 0 aromatic carbocycles. The fraction of sp³-hybridized carbons (Fsp3) is 0.909. The molecule has 0 heterocycles. The van der Waals surface area contributed by atoms with E-state index in [1.807, 2.05) is 6.92 Å². The Morgan fingerprint density at radius 3 is 2.57 bits per heavy atom. The number of carbonyl (C=O) groups is 1. The van der Waals surface area contributed by atoms with Crippen LogP contribution in [0.25, 0.3) is 0 Å². The predicted molar refractivity (Wildman–Crippen MR) is 58.1 cm³/mol. The number of carbonyl (C=O) groups excluding carboxylic acids is 1. The predicted octanol–water partition coefficient (Wildman–Crippen LogP) is 1.29. The number of hydrogen-bond acceptors (Lipinski definition) is 2. The third-order valence-corrected chi connectivity index (χ3v) is 3.08. The highest BCUT2D eigenvalue weighted by molar-refractivity contribution is 5.80. The molecule has 0 saturated heterocycles. The highest BCUT2D eigenvalue weighted by Crippen LogP contribution is 2.22. The van der Waals surface area contributed by atoms with Crippen LogP contribution in [0.15, 0.2) is 0 Å². The van der Waals surface area contributed by atoms with Crippen LogP contribution in [0.5, 0.6) is 0 Å². The number of rotatable bonds is 4. The van der Waals surface area contributed by atoms with E-state index in [1.165, 1.54) is 32.1 Å². The van der Waals surface area contributed by atoms with Crippen LogP contribution in [0, 0.1) is 5.92 Å². The summed E-state index contributed by atoms with van der Waals surface area (Å²) >= 11 is 0. The van der Waals surface area contributed by atoms with Crippen molar-refractivity contribution in [2.45, 2.75) is 45.1 Å². The molecule has 0 aromatic rings. The fourth-order valence-electron chi connectivity index (χ4n) is 2.04. The van der Waals surface area contributed by atoms with E-state index in [1.54, 1.807) is 7.05 Å². The minimum atomic E-state index is -0.0538. The van der Waals surface area contributed by atoms with Crippen molar-refractivity contribution in [3.05, 3.63) is 0 Å². The Balaban J connectivity index is 2.15. The normalized spacial score (nSPS) is 20.4. The molecule has 0 aliphatic heterocycles. The van der Waals surface area contributed by atoms with Gasteiger partial charge in [-0.3, -0.25) is 4.79 Å². The topological polar surface area (TPSA) is 41.1 Å². The molecule has 0 aromatic heterocycles. The summed E-state index contributed by atoms with van der Waals surface area (Å²) in [4.78, 5) is 11.2. The Morgan fingerprint density at radius 1 is 1.36 bits per heavy atom. The van der Waals surface area contributed by atoms with Crippen molar-refractivity contribution in [2.75, 3.05) is 13.6 Å². The fourth-order valence-corrected chi connectivity index (χ4v) is 2.04. The number of amides is 1. The van der Waals surface area contributed by atoms with Gasteiger partial charge in [-0.15, -0.1) is 0 Å². The highest BCUT2D eigenvalue weighted by Gasteiger charge is 2.16. The van der Waals surface area contributed by atoms with Crippen molar-refractivity contribution in [1.29, 1.82) is 0 Å². The maximum absolute atomic E-state index is 11.2. The minimum absolute atomic E-state index is 0.0538. The molecular weight excluding hydrogens is 176 g/mol. The molecular formula is C11H22N2O. The molecule has 1 fully saturated rings. The van der Waals surface area contributed by atoms with Gasteiger partial charge in [-0.25, -0.2) is 0 Å². The first-order valence-electron chi connectivity index (χ1n) is 5.69. The molecule has 1 rings (SSSR count). The van der Waals surface area contributed by atoms with E-state index in [-0.39, 0.29) is 11.9 Å². The Hall–Kier alpha value is -0.570. The molecule has 1 atom stereocenters. The van der Waals surface area contributed by atoms with Gasteiger partial charge in [-0.2, -0.15) is 0 Å². The van der Waals surface area contributed by atoms with Crippen molar-refractivity contribution in [1.82, 2.24) is 10.6 Å². The third-order valence-electron chi connectivity index (χ3n) is 3.08. The van der Waals surface area contributed by atoms with Crippen molar-refractivity contribution < 1.29 is 4.79 Å².